The highest BCUT2D eigenvalue weighted by atomic mass is 16.2. The van der Waals surface area contributed by atoms with Gasteiger partial charge >= 0.3 is 0 Å². The van der Waals surface area contributed by atoms with E-state index in [4.69, 9.17) is 4.98 Å². The standard InChI is InChI=1S/C16H26N4O/c1-19(2)15(21)11-20-14-8-9-17-10-13(14)18-16(20)12-6-4-3-5-7-12/h12,17H,3-11H2,1-2H3. The van der Waals surface area contributed by atoms with Crippen molar-refractivity contribution in [1.29, 1.82) is 0 Å². The minimum absolute atomic E-state index is 0.158. The number of carbonyl (C=O) groups excluding carboxylic acids is 1. The first-order chi connectivity index (χ1) is 10.2. The van der Waals surface area contributed by atoms with Crippen molar-refractivity contribution in [3.63, 3.8) is 0 Å². The summed E-state index contributed by atoms with van der Waals surface area (Å²) in [5.41, 5.74) is 2.44. The average Bonchev–Trinajstić information content (AvgIpc) is 2.87. The van der Waals surface area contributed by atoms with Crippen LogP contribution in [0.25, 0.3) is 0 Å². The van der Waals surface area contributed by atoms with Crippen molar-refractivity contribution in [3.05, 3.63) is 17.2 Å². The van der Waals surface area contributed by atoms with E-state index in [0.29, 0.717) is 12.5 Å². The Morgan fingerprint density at radius 2 is 2.10 bits per heavy atom. The second-order valence-corrected chi connectivity index (χ2v) is 6.50. The third-order valence-electron chi connectivity index (χ3n) is 4.78. The van der Waals surface area contributed by atoms with Gasteiger partial charge in [-0.25, -0.2) is 4.98 Å². The van der Waals surface area contributed by atoms with E-state index < -0.39 is 0 Å². The zero-order chi connectivity index (χ0) is 14.8. The Balaban J connectivity index is 1.93. The van der Waals surface area contributed by atoms with E-state index in [2.05, 4.69) is 9.88 Å². The average molecular weight is 290 g/mol. The smallest absolute Gasteiger partial charge is 0.242 e. The van der Waals surface area contributed by atoms with E-state index in [1.165, 1.54) is 43.6 Å². The first kappa shape index (κ1) is 14.6. The summed E-state index contributed by atoms with van der Waals surface area (Å²) >= 11 is 0. The minimum Gasteiger partial charge on any atom is -0.347 e. The van der Waals surface area contributed by atoms with Crippen molar-refractivity contribution in [2.24, 2.45) is 0 Å². The van der Waals surface area contributed by atoms with Crippen molar-refractivity contribution in [3.8, 4) is 0 Å². The molecule has 1 aliphatic heterocycles. The summed E-state index contributed by atoms with van der Waals surface area (Å²) in [7, 11) is 3.65. The molecule has 1 aromatic rings. The van der Waals surface area contributed by atoms with E-state index in [1.54, 1.807) is 4.90 Å². The molecule has 0 radical (unpaired) electrons. The van der Waals surface area contributed by atoms with Crippen LogP contribution >= 0.6 is 0 Å². The molecule has 0 unspecified atom stereocenters. The van der Waals surface area contributed by atoms with Gasteiger partial charge in [-0.2, -0.15) is 0 Å². The molecule has 1 aliphatic carbocycles. The second-order valence-electron chi connectivity index (χ2n) is 6.50. The largest absolute Gasteiger partial charge is 0.347 e. The van der Waals surface area contributed by atoms with Gasteiger partial charge in [-0.05, 0) is 12.8 Å². The lowest BCUT2D eigenvalue weighted by Gasteiger charge is -2.23. The molecule has 0 bridgehead atoms. The molecule has 0 atom stereocenters. The number of fused-ring (bicyclic) bond motifs is 1. The Bertz CT molecular complexity index is 515. The maximum Gasteiger partial charge on any atom is 0.242 e. The molecule has 21 heavy (non-hydrogen) atoms. The van der Waals surface area contributed by atoms with Gasteiger partial charge in [-0.15, -0.1) is 0 Å². The molecule has 0 spiro atoms. The summed E-state index contributed by atoms with van der Waals surface area (Å²) in [6, 6.07) is 0. The van der Waals surface area contributed by atoms with Gasteiger partial charge in [0.2, 0.25) is 5.91 Å². The van der Waals surface area contributed by atoms with Crippen LogP contribution in [-0.2, 0) is 24.3 Å². The van der Waals surface area contributed by atoms with Gasteiger partial charge in [0.05, 0.1) is 5.69 Å². The first-order valence-electron chi connectivity index (χ1n) is 8.16. The lowest BCUT2D eigenvalue weighted by molar-refractivity contribution is -0.129. The molecule has 1 amide bonds. The molecule has 2 heterocycles. The number of nitrogens with one attached hydrogen (secondary N) is 1. The number of hydrogen-bond acceptors (Lipinski definition) is 3. The van der Waals surface area contributed by atoms with Gasteiger partial charge in [0.25, 0.3) is 0 Å². The molecule has 1 fully saturated rings. The van der Waals surface area contributed by atoms with Crippen molar-refractivity contribution < 1.29 is 4.79 Å². The Kier molecular flexibility index (Phi) is 4.29. The topological polar surface area (TPSA) is 50.2 Å². The van der Waals surface area contributed by atoms with Gasteiger partial charge < -0.3 is 14.8 Å². The Hall–Kier alpha value is -1.36. The number of nitrogens with zero attached hydrogens (tertiary/aromatic N) is 3. The van der Waals surface area contributed by atoms with E-state index in [9.17, 15) is 4.79 Å². The third kappa shape index (κ3) is 2.98. The summed E-state index contributed by atoms with van der Waals surface area (Å²) in [5.74, 6) is 1.86. The van der Waals surface area contributed by atoms with Gasteiger partial charge in [-0.3, -0.25) is 4.79 Å². The van der Waals surface area contributed by atoms with Gasteiger partial charge in [0.15, 0.2) is 0 Å². The summed E-state index contributed by atoms with van der Waals surface area (Å²) in [6.07, 6.45) is 7.36. The SMILES string of the molecule is CN(C)C(=O)Cn1c(C2CCCCC2)nc2c1CCNC2. The van der Waals surface area contributed by atoms with E-state index in [0.717, 1.165) is 25.2 Å². The predicted octanol–water partition coefficient (Wildman–Crippen LogP) is 1.66. The zero-order valence-corrected chi connectivity index (χ0v) is 13.2. The number of aromatic nitrogens is 2. The monoisotopic (exact) mass is 290 g/mol. The van der Waals surface area contributed by atoms with Crippen LogP contribution in [-0.4, -0.2) is 41.0 Å². The van der Waals surface area contributed by atoms with Crippen LogP contribution in [0.5, 0.6) is 0 Å². The number of hydrogen-bond donors (Lipinski definition) is 1. The number of likely N-dealkylation sites (N-methyl/N-ethyl adjacent to an activating group) is 1. The molecule has 0 saturated heterocycles. The molecule has 2 aliphatic rings. The highest BCUT2D eigenvalue weighted by molar-refractivity contribution is 5.75. The molecule has 5 nitrogen and oxygen atoms in total. The maximum absolute atomic E-state index is 12.2. The fourth-order valence-corrected chi connectivity index (χ4v) is 3.52. The molecule has 1 saturated carbocycles. The van der Waals surface area contributed by atoms with Crippen molar-refractivity contribution in [1.82, 2.24) is 19.8 Å². The van der Waals surface area contributed by atoms with Crippen LogP contribution in [0, 0.1) is 0 Å². The first-order valence-corrected chi connectivity index (χ1v) is 8.16. The molecule has 1 aromatic heterocycles. The highest BCUT2D eigenvalue weighted by Gasteiger charge is 2.27. The quantitative estimate of drug-likeness (QED) is 0.921. The van der Waals surface area contributed by atoms with Crippen LogP contribution in [0.3, 0.4) is 0 Å². The van der Waals surface area contributed by atoms with Gasteiger partial charge in [-0.1, -0.05) is 19.3 Å². The van der Waals surface area contributed by atoms with Gasteiger partial charge in [0.1, 0.15) is 12.4 Å². The van der Waals surface area contributed by atoms with Gasteiger partial charge in [0, 0.05) is 45.2 Å². The van der Waals surface area contributed by atoms with Crippen molar-refractivity contribution in [2.45, 2.75) is 57.5 Å². The normalized spacial score (nSPS) is 19.3. The highest BCUT2D eigenvalue weighted by Crippen LogP contribution is 2.33. The predicted molar refractivity (Wildman–Crippen MR) is 82.2 cm³/mol. The van der Waals surface area contributed by atoms with Crippen LogP contribution < -0.4 is 5.32 Å². The Morgan fingerprint density at radius 1 is 1.33 bits per heavy atom. The summed E-state index contributed by atoms with van der Waals surface area (Å²) < 4.78 is 2.23. The van der Waals surface area contributed by atoms with Crippen LogP contribution in [0.2, 0.25) is 0 Å². The van der Waals surface area contributed by atoms with Crippen LogP contribution in [0.15, 0.2) is 0 Å². The lowest BCUT2D eigenvalue weighted by Crippen LogP contribution is -2.30. The minimum atomic E-state index is 0.158. The molecular weight excluding hydrogens is 264 g/mol. The second kappa shape index (κ2) is 6.18. The maximum atomic E-state index is 12.2. The van der Waals surface area contributed by atoms with Crippen molar-refractivity contribution >= 4 is 5.91 Å². The molecule has 5 heteroatoms. The Labute approximate surface area is 126 Å². The molecular formula is C16H26N4O. The molecule has 1 N–H and O–H groups in total. The fraction of sp³-hybridized carbons (Fsp3) is 0.750. The molecule has 3 rings (SSSR count). The lowest BCUT2D eigenvalue weighted by atomic mass is 9.88. The zero-order valence-electron chi connectivity index (χ0n) is 13.2. The van der Waals surface area contributed by atoms with Crippen LogP contribution in [0.4, 0.5) is 0 Å². The number of imidazole rings is 1. The number of rotatable bonds is 3. The summed E-state index contributed by atoms with van der Waals surface area (Å²) in [6.45, 7) is 2.28. The fourth-order valence-electron chi connectivity index (χ4n) is 3.52. The summed E-state index contributed by atoms with van der Waals surface area (Å²) in [5, 5.41) is 3.39. The molecule has 0 aromatic carbocycles. The van der Waals surface area contributed by atoms with Crippen molar-refractivity contribution in [2.75, 3.05) is 20.6 Å². The third-order valence-corrected chi connectivity index (χ3v) is 4.78. The van der Waals surface area contributed by atoms with Crippen LogP contribution in [0.1, 0.15) is 55.2 Å². The van der Waals surface area contributed by atoms with E-state index in [1.807, 2.05) is 14.1 Å². The summed E-state index contributed by atoms with van der Waals surface area (Å²) in [4.78, 5) is 18.8. The van der Waals surface area contributed by atoms with E-state index in [-0.39, 0.29) is 5.91 Å². The Morgan fingerprint density at radius 3 is 2.81 bits per heavy atom. The number of amides is 1. The molecule has 116 valence electrons. The van der Waals surface area contributed by atoms with E-state index >= 15 is 0 Å². The number of carbonyl (C=O) groups is 1.